The van der Waals surface area contributed by atoms with Crippen LogP contribution in [0.4, 0.5) is 5.95 Å². The number of hydrogen-bond acceptors (Lipinski definition) is 5. The first-order valence-electron chi connectivity index (χ1n) is 6.92. The molecule has 3 atom stereocenters. The zero-order chi connectivity index (χ0) is 13.4. The van der Waals surface area contributed by atoms with Crippen LogP contribution < -0.4 is 10.6 Å². The highest BCUT2D eigenvalue weighted by molar-refractivity contribution is 5.37. The zero-order valence-electron chi connectivity index (χ0n) is 11.2. The van der Waals surface area contributed by atoms with Crippen molar-refractivity contribution in [3.05, 3.63) is 17.5 Å². The lowest BCUT2D eigenvalue weighted by Gasteiger charge is -2.27. The smallest absolute Gasteiger partial charge is 0.226 e. The van der Waals surface area contributed by atoms with Crippen molar-refractivity contribution in [3.8, 4) is 6.07 Å². The highest BCUT2D eigenvalue weighted by Crippen LogP contribution is 2.36. The van der Waals surface area contributed by atoms with Gasteiger partial charge in [-0.15, -0.1) is 0 Å². The molecular formula is C14H19N5. The number of aromatic nitrogens is 2. The molecule has 100 valence electrons. The first kappa shape index (κ1) is 12.4. The van der Waals surface area contributed by atoms with E-state index in [2.05, 4.69) is 20.9 Å². The maximum atomic E-state index is 9.00. The molecule has 0 bridgehead atoms. The van der Waals surface area contributed by atoms with Crippen molar-refractivity contribution in [2.75, 3.05) is 18.0 Å². The fraction of sp³-hybridized carbons (Fsp3) is 0.643. The number of fused-ring (bicyclic) bond motifs is 1. The molecule has 1 aliphatic heterocycles. The molecule has 5 nitrogen and oxygen atoms in total. The minimum absolute atomic E-state index is 0.356. The summed E-state index contributed by atoms with van der Waals surface area (Å²) >= 11 is 0. The number of rotatable bonds is 1. The number of nitrogens with two attached hydrogens (primary N) is 1. The van der Waals surface area contributed by atoms with E-state index in [-0.39, 0.29) is 0 Å². The molecule has 1 aromatic heterocycles. The van der Waals surface area contributed by atoms with Crippen LogP contribution in [0.2, 0.25) is 0 Å². The number of nitrogens with zero attached hydrogens (tertiary/aromatic N) is 4. The predicted molar refractivity (Wildman–Crippen MR) is 72.5 cm³/mol. The Labute approximate surface area is 113 Å². The fourth-order valence-electron chi connectivity index (χ4n) is 3.38. The average Bonchev–Trinajstić information content (AvgIpc) is 2.80. The Morgan fingerprint density at radius 1 is 1.32 bits per heavy atom. The molecule has 0 spiro atoms. The van der Waals surface area contributed by atoms with Gasteiger partial charge in [-0.05, 0) is 44.1 Å². The molecule has 1 saturated heterocycles. The second-order valence-electron chi connectivity index (χ2n) is 5.80. The second-order valence-corrected chi connectivity index (χ2v) is 5.80. The van der Waals surface area contributed by atoms with Gasteiger partial charge in [-0.1, -0.05) is 0 Å². The Balaban J connectivity index is 1.81. The molecular weight excluding hydrogens is 238 g/mol. The number of anilines is 1. The van der Waals surface area contributed by atoms with Crippen LogP contribution in [0.5, 0.6) is 0 Å². The molecule has 1 aromatic rings. The molecule has 2 fully saturated rings. The minimum atomic E-state index is 0.356. The SMILES string of the molecule is Cc1cc(C#N)nc(N2C[C@H]3CCC(N)C[C@H]3C2)n1. The Bertz CT molecular complexity index is 521. The molecule has 5 heteroatoms. The summed E-state index contributed by atoms with van der Waals surface area (Å²) in [4.78, 5) is 11.0. The van der Waals surface area contributed by atoms with E-state index in [1.807, 2.05) is 6.92 Å². The van der Waals surface area contributed by atoms with Gasteiger partial charge in [0.2, 0.25) is 5.95 Å². The molecule has 19 heavy (non-hydrogen) atoms. The third-order valence-corrected chi connectivity index (χ3v) is 4.33. The summed E-state index contributed by atoms with van der Waals surface area (Å²) < 4.78 is 0. The molecule has 1 aliphatic carbocycles. The van der Waals surface area contributed by atoms with Crippen LogP contribution in [-0.2, 0) is 0 Å². The quantitative estimate of drug-likeness (QED) is 0.818. The summed E-state index contributed by atoms with van der Waals surface area (Å²) in [6, 6.07) is 4.18. The van der Waals surface area contributed by atoms with E-state index < -0.39 is 0 Å². The molecule has 2 aliphatic rings. The Morgan fingerprint density at radius 3 is 2.89 bits per heavy atom. The maximum Gasteiger partial charge on any atom is 0.226 e. The molecule has 2 heterocycles. The van der Waals surface area contributed by atoms with Crippen LogP contribution in [0.25, 0.3) is 0 Å². The summed E-state index contributed by atoms with van der Waals surface area (Å²) in [5.41, 5.74) is 7.36. The molecule has 0 amide bonds. The lowest BCUT2D eigenvalue weighted by Crippen LogP contribution is -2.32. The van der Waals surface area contributed by atoms with Gasteiger partial charge in [0.05, 0.1) is 0 Å². The van der Waals surface area contributed by atoms with Gasteiger partial charge in [-0.2, -0.15) is 5.26 Å². The van der Waals surface area contributed by atoms with Gasteiger partial charge in [0.1, 0.15) is 11.8 Å². The first-order valence-corrected chi connectivity index (χ1v) is 6.92. The van der Waals surface area contributed by atoms with Gasteiger partial charge in [0, 0.05) is 24.8 Å². The van der Waals surface area contributed by atoms with Crippen LogP contribution in [-0.4, -0.2) is 29.1 Å². The van der Waals surface area contributed by atoms with E-state index in [0.29, 0.717) is 23.6 Å². The van der Waals surface area contributed by atoms with Crippen LogP contribution in [0.3, 0.4) is 0 Å². The molecule has 3 rings (SSSR count). The topological polar surface area (TPSA) is 78.8 Å². The van der Waals surface area contributed by atoms with E-state index in [1.54, 1.807) is 6.07 Å². The van der Waals surface area contributed by atoms with Gasteiger partial charge in [0.15, 0.2) is 0 Å². The van der Waals surface area contributed by atoms with Crippen LogP contribution >= 0.6 is 0 Å². The fourth-order valence-corrected chi connectivity index (χ4v) is 3.38. The molecule has 1 saturated carbocycles. The van der Waals surface area contributed by atoms with Crippen molar-refractivity contribution in [2.45, 2.75) is 32.2 Å². The summed E-state index contributed by atoms with van der Waals surface area (Å²) in [5, 5.41) is 9.00. The summed E-state index contributed by atoms with van der Waals surface area (Å²) in [6.07, 6.45) is 3.45. The molecule has 0 aromatic carbocycles. The van der Waals surface area contributed by atoms with Crippen LogP contribution in [0.15, 0.2) is 6.07 Å². The van der Waals surface area contributed by atoms with Gasteiger partial charge in [0.25, 0.3) is 0 Å². The van der Waals surface area contributed by atoms with Crippen molar-refractivity contribution in [1.29, 1.82) is 5.26 Å². The summed E-state index contributed by atoms with van der Waals surface area (Å²) in [6.45, 7) is 3.89. The van der Waals surface area contributed by atoms with E-state index >= 15 is 0 Å². The van der Waals surface area contributed by atoms with Crippen molar-refractivity contribution in [2.24, 2.45) is 17.6 Å². The van der Waals surface area contributed by atoms with Crippen molar-refractivity contribution in [1.82, 2.24) is 9.97 Å². The normalized spacial score (nSPS) is 29.9. The van der Waals surface area contributed by atoms with E-state index in [0.717, 1.165) is 37.5 Å². The van der Waals surface area contributed by atoms with Gasteiger partial charge in [-0.3, -0.25) is 0 Å². The third kappa shape index (κ3) is 2.41. The van der Waals surface area contributed by atoms with Gasteiger partial charge in [-0.25, -0.2) is 9.97 Å². The van der Waals surface area contributed by atoms with Crippen LogP contribution in [0.1, 0.15) is 30.7 Å². The first-order chi connectivity index (χ1) is 9.15. The minimum Gasteiger partial charge on any atom is -0.340 e. The molecule has 2 N–H and O–H groups in total. The monoisotopic (exact) mass is 257 g/mol. The molecule has 0 radical (unpaired) electrons. The number of nitriles is 1. The largest absolute Gasteiger partial charge is 0.340 e. The Kier molecular flexibility index (Phi) is 3.11. The van der Waals surface area contributed by atoms with Crippen molar-refractivity contribution >= 4 is 5.95 Å². The third-order valence-electron chi connectivity index (χ3n) is 4.33. The lowest BCUT2D eigenvalue weighted by molar-refractivity contribution is 0.271. The Morgan fingerprint density at radius 2 is 2.11 bits per heavy atom. The number of aryl methyl sites for hydroxylation is 1. The van der Waals surface area contributed by atoms with Crippen molar-refractivity contribution < 1.29 is 0 Å². The van der Waals surface area contributed by atoms with Gasteiger partial charge < -0.3 is 10.6 Å². The van der Waals surface area contributed by atoms with E-state index in [9.17, 15) is 0 Å². The van der Waals surface area contributed by atoms with E-state index in [1.165, 1.54) is 6.42 Å². The average molecular weight is 257 g/mol. The number of hydrogen-bond donors (Lipinski definition) is 1. The zero-order valence-corrected chi connectivity index (χ0v) is 11.2. The Hall–Kier alpha value is -1.67. The summed E-state index contributed by atoms with van der Waals surface area (Å²) in [5.74, 6) is 2.09. The van der Waals surface area contributed by atoms with E-state index in [4.69, 9.17) is 11.0 Å². The maximum absolute atomic E-state index is 9.00. The highest BCUT2D eigenvalue weighted by atomic mass is 15.3. The lowest BCUT2D eigenvalue weighted by atomic mass is 9.79. The molecule has 1 unspecified atom stereocenters. The van der Waals surface area contributed by atoms with Gasteiger partial charge >= 0.3 is 0 Å². The standard InChI is InChI=1S/C14H19N5/c1-9-4-13(6-15)18-14(17-9)19-7-10-2-3-12(16)5-11(10)8-19/h4,10-12H,2-3,5,7-8,16H2,1H3/t10-,11+,12?/m1/s1. The van der Waals surface area contributed by atoms with Crippen LogP contribution in [0, 0.1) is 30.1 Å². The second kappa shape index (κ2) is 4.78. The predicted octanol–water partition coefficient (Wildman–Crippen LogP) is 1.22. The van der Waals surface area contributed by atoms with Crippen molar-refractivity contribution in [3.63, 3.8) is 0 Å². The highest BCUT2D eigenvalue weighted by Gasteiger charge is 2.37. The summed E-state index contributed by atoms with van der Waals surface area (Å²) in [7, 11) is 0.